The fraction of sp³-hybridized carbons (Fsp3) is 0.647. The van der Waals surface area contributed by atoms with Crippen LogP contribution in [0.5, 0.6) is 0 Å². The molecular weight excluding hydrogens is 262 g/mol. The molecule has 0 saturated heterocycles. The van der Waals surface area contributed by atoms with E-state index in [1.54, 1.807) is 0 Å². The minimum absolute atomic E-state index is 0.0542. The van der Waals surface area contributed by atoms with Crippen LogP contribution in [-0.2, 0) is 6.42 Å². The van der Waals surface area contributed by atoms with Crippen molar-refractivity contribution in [2.75, 3.05) is 18.9 Å². The molecule has 0 spiro atoms. The van der Waals surface area contributed by atoms with Gasteiger partial charge in [-0.15, -0.1) is 0 Å². The maximum atomic E-state index is 12.7. The molecule has 0 saturated carbocycles. The van der Waals surface area contributed by atoms with E-state index in [2.05, 4.69) is 44.9 Å². The van der Waals surface area contributed by atoms with Crippen LogP contribution in [0, 0.1) is 0 Å². The van der Waals surface area contributed by atoms with E-state index in [0.717, 1.165) is 37.3 Å². The molecular formula is C17H29N3O. The summed E-state index contributed by atoms with van der Waals surface area (Å²) in [4.78, 5) is 19.1. The molecule has 0 atom stereocenters. The normalized spacial score (nSPS) is 11.3. The number of amides is 1. The maximum Gasteiger partial charge on any atom is 0.254 e. The zero-order valence-electron chi connectivity index (χ0n) is 14.3. The summed E-state index contributed by atoms with van der Waals surface area (Å²) in [5.74, 6) is 0.848. The summed E-state index contributed by atoms with van der Waals surface area (Å²) >= 11 is 0. The van der Waals surface area contributed by atoms with Crippen molar-refractivity contribution >= 4 is 11.7 Å². The van der Waals surface area contributed by atoms with E-state index in [4.69, 9.17) is 0 Å². The van der Waals surface area contributed by atoms with Crippen molar-refractivity contribution in [3.05, 3.63) is 23.4 Å². The average Bonchev–Trinajstić information content (AvgIpc) is 2.50. The molecule has 0 aliphatic rings. The summed E-state index contributed by atoms with van der Waals surface area (Å²) in [6.45, 7) is 11.3. The molecule has 4 nitrogen and oxygen atoms in total. The third-order valence-electron chi connectivity index (χ3n) is 4.12. The molecule has 21 heavy (non-hydrogen) atoms. The number of pyridine rings is 1. The number of carbonyl (C=O) groups excluding carboxylic acids is 1. The van der Waals surface area contributed by atoms with Crippen LogP contribution in [0.15, 0.2) is 12.1 Å². The van der Waals surface area contributed by atoms with Gasteiger partial charge in [-0.3, -0.25) is 4.79 Å². The van der Waals surface area contributed by atoms with Crippen LogP contribution in [0.25, 0.3) is 0 Å². The molecule has 0 aromatic carbocycles. The lowest BCUT2D eigenvalue weighted by atomic mass is 9.99. The lowest BCUT2D eigenvalue weighted by molar-refractivity contribution is 0.0620. The van der Waals surface area contributed by atoms with E-state index in [9.17, 15) is 4.79 Å². The molecule has 118 valence electrons. The Balaban J connectivity index is 3.08. The maximum absolute atomic E-state index is 12.7. The number of hydrogen-bond acceptors (Lipinski definition) is 3. The van der Waals surface area contributed by atoms with Crippen LogP contribution < -0.4 is 5.32 Å². The fourth-order valence-corrected chi connectivity index (χ4v) is 1.94. The first-order valence-electron chi connectivity index (χ1n) is 7.88. The topological polar surface area (TPSA) is 45.2 Å². The van der Waals surface area contributed by atoms with E-state index >= 15 is 0 Å². The Morgan fingerprint density at radius 3 is 2.48 bits per heavy atom. The number of anilines is 1. The zero-order valence-corrected chi connectivity index (χ0v) is 14.3. The highest BCUT2D eigenvalue weighted by Crippen LogP contribution is 2.21. The predicted octanol–water partition coefficient (Wildman–Crippen LogP) is 3.73. The number of hydrogen-bond donors (Lipinski definition) is 1. The Hall–Kier alpha value is -1.58. The predicted molar refractivity (Wildman–Crippen MR) is 88.9 cm³/mol. The Labute approximate surface area is 129 Å². The van der Waals surface area contributed by atoms with E-state index in [1.165, 1.54) is 0 Å². The molecule has 1 N–H and O–H groups in total. The van der Waals surface area contributed by atoms with Crippen molar-refractivity contribution in [2.45, 2.75) is 59.4 Å². The van der Waals surface area contributed by atoms with Crippen LogP contribution in [0.4, 0.5) is 5.82 Å². The minimum atomic E-state index is -0.149. The SMILES string of the molecule is CCCNc1cc(C(=O)N(C)C(C)(C)CC)cc(CC)n1. The third-order valence-corrected chi connectivity index (χ3v) is 4.12. The third kappa shape index (κ3) is 4.45. The van der Waals surface area contributed by atoms with Gasteiger partial charge in [0.25, 0.3) is 5.91 Å². The van der Waals surface area contributed by atoms with E-state index in [-0.39, 0.29) is 11.4 Å². The van der Waals surface area contributed by atoms with Gasteiger partial charge in [-0.05, 0) is 45.2 Å². The lowest BCUT2D eigenvalue weighted by Crippen LogP contribution is -2.44. The first-order chi connectivity index (χ1) is 9.85. The molecule has 0 aliphatic heterocycles. The zero-order chi connectivity index (χ0) is 16.0. The summed E-state index contributed by atoms with van der Waals surface area (Å²) < 4.78 is 0. The van der Waals surface area contributed by atoms with Gasteiger partial charge in [-0.25, -0.2) is 4.98 Å². The van der Waals surface area contributed by atoms with Gasteiger partial charge in [-0.1, -0.05) is 20.8 Å². The molecule has 0 bridgehead atoms. The highest BCUT2D eigenvalue weighted by Gasteiger charge is 2.26. The molecule has 4 heteroatoms. The fourth-order valence-electron chi connectivity index (χ4n) is 1.94. The van der Waals surface area contributed by atoms with Crippen molar-refractivity contribution in [1.82, 2.24) is 9.88 Å². The molecule has 0 fully saturated rings. The van der Waals surface area contributed by atoms with Crippen LogP contribution in [0.1, 0.15) is 63.5 Å². The van der Waals surface area contributed by atoms with Gasteiger partial charge in [0.15, 0.2) is 0 Å². The van der Waals surface area contributed by atoms with Gasteiger partial charge < -0.3 is 10.2 Å². The average molecular weight is 291 g/mol. The van der Waals surface area contributed by atoms with Crippen molar-refractivity contribution < 1.29 is 4.79 Å². The Morgan fingerprint density at radius 2 is 1.95 bits per heavy atom. The first kappa shape index (κ1) is 17.5. The second kappa shape index (κ2) is 7.43. The molecule has 1 rings (SSSR count). The summed E-state index contributed by atoms with van der Waals surface area (Å²) in [7, 11) is 1.87. The lowest BCUT2D eigenvalue weighted by Gasteiger charge is -2.35. The summed E-state index contributed by atoms with van der Waals surface area (Å²) in [5, 5.41) is 3.27. The number of nitrogens with zero attached hydrogens (tertiary/aromatic N) is 2. The van der Waals surface area contributed by atoms with E-state index in [0.29, 0.717) is 5.56 Å². The standard InChI is InChI=1S/C17H29N3O/c1-7-10-18-15-12-13(11-14(8-2)19-15)16(21)20(6)17(4,5)9-3/h11-12H,7-10H2,1-6H3,(H,18,19). The largest absolute Gasteiger partial charge is 0.370 e. The molecule has 1 amide bonds. The Morgan fingerprint density at radius 1 is 1.29 bits per heavy atom. The second-order valence-electron chi connectivity index (χ2n) is 6.04. The van der Waals surface area contributed by atoms with Crippen LogP contribution in [0.2, 0.25) is 0 Å². The number of nitrogens with one attached hydrogen (secondary N) is 1. The Kier molecular flexibility index (Phi) is 6.19. The summed E-state index contributed by atoms with van der Waals surface area (Å²) in [5.41, 5.74) is 1.51. The highest BCUT2D eigenvalue weighted by atomic mass is 16.2. The van der Waals surface area contributed by atoms with Crippen molar-refractivity contribution in [3.8, 4) is 0 Å². The molecule has 1 aromatic heterocycles. The number of carbonyl (C=O) groups is 1. The second-order valence-corrected chi connectivity index (χ2v) is 6.04. The van der Waals surface area contributed by atoms with Crippen LogP contribution in [-0.4, -0.2) is 34.9 Å². The van der Waals surface area contributed by atoms with Crippen molar-refractivity contribution in [1.29, 1.82) is 0 Å². The minimum Gasteiger partial charge on any atom is -0.370 e. The van der Waals surface area contributed by atoms with E-state index in [1.807, 2.05) is 24.1 Å². The smallest absolute Gasteiger partial charge is 0.254 e. The van der Waals surface area contributed by atoms with Gasteiger partial charge in [-0.2, -0.15) is 0 Å². The number of aromatic nitrogens is 1. The van der Waals surface area contributed by atoms with Crippen molar-refractivity contribution in [2.24, 2.45) is 0 Å². The van der Waals surface area contributed by atoms with Gasteiger partial charge in [0, 0.05) is 30.4 Å². The first-order valence-corrected chi connectivity index (χ1v) is 7.88. The molecule has 0 radical (unpaired) electrons. The van der Waals surface area contributed by atoms with Crippen LogP contribution in [0.3, 0.4) is 0 Å². The van der Waals surface area contributed by atoms with Gasteiger partial charge >= 0.3 is 0 Å². The van der Waals surface area contributed by atoms with E-state index < -0.39 is 0 Å². The molecule has 0 aliphatic carbocycles. The Bertz CT molecular complexity index is 483. The van der Waals surface area contributed by atoms with Gasteiger partial charge in [0.1, 0.15) is 5.82 Å². The summed E-state index contributed by atoms with van der Waals surface area (Å²) in [6.07, 6.45) is 2.77. The van der Waals surface area contributed by atoms with Crippen molar-refractivity contribution in [3.63, 3.8) is 0 Å². The van der Waals surface area contributed by atoms with Gasteiger partial charge in [0.2, 0.25) is 0 Å². The molecule has 1 heterocycles. The molecule has 0 unspecified atom stereocenters. The monoisotopic (exact) mass is 291 g/mol. The highest BCUT2D eigenvalue weighted by molar-refractivity contribution is 5.95. The summed E-state index contributed by atoms with van der Waals surface area (Å²) in [6, 6.07) is 3.76. The number of rotatable bonds is 7. The molecule has 1 aromatic rings. The quantitative estimate of drug-likeness (QED) is 0.832. The van der Waals surface area contributed by atoms with Crippen LogP contribution >= 0.6 is 0 Å². The van der Waals surface area contributed by atoms with Gasteiger partial charge in [0.05, 0.1) is 0 Å². The number of aryl methyl sites for hydroxylation is 1.